The standard InChI is InChI=1S/C31H35ClN4O3/c1-39-26-14-6-22(7-15-26)8-17-29-35-28-16-11-24(23-9-12-25(32)13-10-23)20-27(28)31(38)36(29)21-30(37)34-19-5-3-2-4-18-33/h6-7,9-16,20H,2-5,8,17-19,21,33H2,1H3,(H,34,37). The number of hydrogen-bond acceptors (Lipinski definition) is 5. The first-order valence-electron chi connectivity index (χ1n) is 13.4. The summed E-state index contributed by atoms with van der Waals surface area (Å²) in [6, 6.07) is 20.9. The summed E-state index contributed by atoms with van der Waals surface area (Å²) in [5.41, 5.74) is 8.86. The molecule has 0 fully saturated rings. The van der Waals surface area contributed by atoms with Crippen molar-refractivity contribution in [1.29, 1.82) is 0 Å². The van der Waals surface area contributed by atoms with E-state index >= 15 is 0 Å². The van der Waals surface area contributed by atoms with Gasteiger partial charge in [-0.05, 0) is 78.9 Å². The number of unbranched alkanes of at least 4 members (excludes halogenated alkanes) is 3. The lowest BCUT2D eigenvalue weighted by atomic mass is 10.0. The van der Waals surface area contributed by atoms with Crippen molar-refractivity contribution in [2.45, 2.75) is 45.1 Å². The molecule has 39 heavy (non-hydrogen) atoms. The number of fused-ring (bicyclic) bond motifs is 1. The number of nitrogens with one attached hydrogen (secondary N) is 1. The van der Waals surface area contributed by atoms with Gasteiger partial charge in [0.1, 0.15) is 18.1 Å². The number of amides is 1. The van der Waals surface area contributed by atoms with E-state index in [4.69, 9.17) is 27.1 Å². The molecule has 1 heterocycles. The molecule has 8 heteroatoms. The van der Waals surface area contributed by atoms with E-state index < -0.39 is 0 Å². The zero-order valence-corrected chi connectivity index (χ0v) is 23.0. The number of ether oxygens (including phenoxy) is 1. The number of carbonyl (C=O) groups is 1. The van der Waals surface area contributed by atoms with Crippen molar-refractivity contribution in [3.8, 4) is 16.9 Å². The third-order valence-corrected chi connectivity index (χ3v) is 7.01. The van der Waals surface area contributed by atoms with E-state index in [1.54, 1.807) is 7.11 Å². The highest BCUT2D eigenvalue weighted by molar-refractivity contribution is 6.30. The molecule has 0 atom stereocenters. The summed E-state index contributed by atoms with van der Waals surface area (Å²) in [6.07, 6.45) is 5.12. The lowest BCUT2D eigenvalue weighted by molar-refractivity contribution is -0.121. The summed E-state index contributed by atoms with van der Waals surface area (Å²) < 4.78 is 6.77. The Hall–Kier alpha value is -3.68. The third-order valence-electron chi connectivity index (χ3n) is 6.76. The smallest absolute Gasteiger partial charge is 0.261 e. The first-order chi connectivity index (χ1) is 19.0. The SMILES string of the molecule is COc1ccc(CCc2nc3ccc(-c4ccc(Cl)cc4)cc3c(=O)n2CC(=O)NCCCCCCN)cc1. The average molecular weight is 547 g/mol. The number of halogens is 1. The highest BCUT2D eigenvalue weighted by Crippen LogP contribution is 2.24. The van der Waals surface area contributed by atoms with Gasteiger partial charge in [-0.3, -0.25) is 14.2 Å². The van der Waals surface area contributed by atoms with Gasteiger partial charge in [-0.1, -0.05) is 54.8 Å². The van der Waals surface area contributed by atoms with Crippen LogP contribution in [0.3, 0.4) is 0 Å². The Morgan fingerprint density at radius 1 is 0.949 bits per heavy atom. The van der Waals surface area contributed by atoms with Crippen LogP contribution in [0.2, 0.25) is 5.02 Å². The van der Waals surface area contributed by atoms with Crippen LogP contribution in [0.15, 0.2) is 71.5 Å². The van der Waals surface area contributed by atoms with Crippen molar-refractivity contribution >= 4 is 28.4 Å². The molecule has 0 saturated carbocycles. The van der Waals surface area contributed by atoms with Gasteiger partial charge in [0.2, 0.25) is 5.91 Å². The fourth-order valence-electron chi connectivity index (χ4n) is 4.54. The zero-order valence-electron chi connectivity index (χ0n) is 22.3. The van der Waals surface area contributed by atoms with Crippen LogP contribution >= 0.6 is 11.6 Å². The second-order valence-corrected chi connectivity index (χ2v) is 10.00. The predicted octanol–water partition coefficient (Wildman–Crippen LogP) is 5.15. The average Bonchev–Trinajstić information content (AvgIpc) is 2.96. The van der Waals surface area contributed by atoms with Crippen molar-refractivity contribution in [2.24, 2.45) is 5.73 Å². The van der Waals surface area contributed by atoms with Crippen molar-refractivity contribution in [2.75, 3.05) is 20.2 Å². The monoisotopic (exact) mass is 546 g/mol. The Morgan fingerprint density at radius 2 is 1.67 bits per heavy atom. The van der Waals surface area contributed by atoms with Gasteiger partial charge in [0.15, 0.2) is 0 Å². The summed E-state index contributed by atoms with van der Waals surface area (Å²) in [5.74, 6) is 1.17. The molecule has 0 aliphatic rings. The molecule has 0 saturated heterocycles. The number of hydrogen-bond donors (Lipinski definition) is 2. The molecule has 204 valence electrons. The lowest BCUT2D eigenvalue weighted by Crippen LogP contribution is -2.35. The van der Waals surface area contributed by atoms with Crippen LogP contribution in [-0.2, 0) is 24.2 Å². The molecular formula is C31H35ClN4O3. The Bertz CT molecular complexity index is 1450. The molecule has 3 N–H and O–H groups in total. The van der Waals surface area contributed by atoms with Crippen LogP contribution < -0.4 is 21.3 Å². The van der Waals surface area contributed by atoms with E-state index in [9.17, 15) is 9.59 Å². The van der Waals surface area contributed by atoms with Crippen LogP contribution in [0.25, 0.3) is 22.0 Å². The first kappa shape index (κ1) is 28.3. The van der Waals surface area contributed by atoms with Crippen LogP contribution in [0, 0.1) is 0 Å². The molecule has 1 amide bonds. The Morgan fingerprint density at radius 3 is 2.38 bits per heavy atom. The van der Waals surface area contributed by atoms with Gasteiger partial charge in [0.25, 0.3) is 5.56 Å². The highest BCUT2D eigenvalue weighted by atomic mass is 35.5. The van der Waals surface area contributed by atoms with Gasteiger partial charge in [0, 0.05) is 18.0 Å². The third kappa shape index (κ3) is 7.68. The Balaban J connectivity index is 1.60. The topological polar surface area (TPSA) is 99.2 Å². The number of nitrogens with two attached hydrogens (primary N) is 1. The molecule has 0 unspecified atom stereocenters. The second-order valence-electron chi connectivity index (χ2n) is 9.56. The molecule has 0 aliphatic heterocycles. The largest absolute Gasteiger partial charge is 0.497 e. The zero-order chi connectivity index (χ0) is 27.6. The second kappa shape index (κ2) is 13.9. The molecule has 0 spiro atoms. The minimum atomic E-state index is -0.223. The van der Waals surface area contributed by atoms with E-state index in [1.165, 1.54) is 4.57 Å². The number of nitrogens with zero attached hydrogens (tertiary/aromatic N) is 2. The maximum absolute atomic E-state index is 13.8. The minimum absolute atomic E-state index is 0.0757. The Labute approximate surface area is 234 Å². The molecular weight excluding hydrogens is 512 g/mol. The van der Waals surface area contributed by atoms with E-state index in [2.05, 4.69) is 5.32 Å². The van der Waals surface area contributed by atoms with Gasteiger partial charge < -0.3 is 15.8 Å². The predicted molar refractivity (Wildman–Crippen MR) is 157 cm³/mol. The van der Waals surface area contributed by atoms with Crippen LogP contribution in [0.5, 0.6) is 5.75 Å². The van der Waals surface area contributed by atoms with Gasteiger partial charge >= 0.3 is 0 Å². The first-order valence-corrected chi connectivity index (χ1v) is 13.8. The number of aromatic nitrogens is 2. The number of aryl methyl sites for hydroxylation is 2. The number of carbonyl (C=O) groups excluding carboxylic acids is 1. The molecule has 0 bridgehead atoms. The van der Waals surface area contributed by atoms with Gasteiger partial charge in [-0.15, -0.1) is 0 Å². The number of benzene rings is 3. The summed E-state index contributed by atoms with van der Waals surface area (Å²) >= 11 is 6.05. The lowest BCUT2D eigenvalue weighted by Gasteiger charge is -2.15. The number of methoxy groups -OCH3 is 1. The molecule has 7 nitrogen and oxygen atoms in total. The summed E-state index contributed by atoms with van der Waals surface area (Å²) in [5, 5.41) is 4.08. The maximum atomic E-state index is 13.8. The van der Waals surface area contributed by atoms with E-state index in [-0.39, 0.29) is 18.0 Å². The van der Waals surface area contributed by atoms with Gasteiger partial charge in [-0.2, -0.15) is 0 Å². The molecule has 0 radical (unpaired) electrons. The summed E-state index contributed by atoms with van der Waals surface area (Å²) in [7, 11) is 1.64. The van der Waals surface area contributed by atoms with Crippen LogP contribution in [-0.4, -0.2) is 35.7 Å². The van der Waals surface area contributed by atoms with Crippen molar-refractivity contribution in [3.05, 3.63) is 93.5 Å². The molecule has 1 aromatic heterocycles. The quantitative estimate of drug-likeness (QED) is 0.226. The van der Waals surface area contributed by atoms with E-state index in [0.717, 1.165) is 48.1 Å². The molecule has 4 aromatic rings. The normalized spacial score (nSPS) is 11.1. The van der Waals surface area contributed by atoms with E-state index in [1.807, 2.05) is 66.7 Å². The molecule has 3 aromatic carbocycles. The van der Waals surface area contributed by atoms with Crippen LogP contribution in [0.4, 0.5) is 0 Å². The molecule has 4 rings (SSSR count). The maximum Gasteiger partial charge on any atom is 0.261 e. The van der Waals surface area contributed by atoms with Crippen molar-refractivity contribution in [1.82, 2.24) is 14.9 Å². The summed E-state index contributed by atoms with van der Waals surface area (Å²) in [4.78, 5) is 31.5. The van der Waals surface area contributed by atoms with Gasteiger partial charge in [0.05, 0.1) is 18.0 Å². The molecule has 0 aliphatic carbocycles. The van der Waals surface area contributed by atoms with Gasteiger partial charge in [-0.25, -0.2) is 4.98 Å². The fraction of sp³-hybridized carbons (Fsp3) is 0.323. The number of rotatable bonds is 13. The highest BCUT2D eigenvalue weighted by Gasteiger charge is 2.15. The van der Waals surface area contributed by atoms with Crippen molar-refractivity contribution in [3.63, 3.8) is 0 Å². The summed E-state index contributed by atoms with van der Waals surface area (Å²) in [6.45, 7) is 1.18. The fourth-order valence-corrected chi connectivity index (χ4v) is 4.67. The Kier molecular flexibility index (Phi) is 10.1. The van der Waals surface area contributed by atoms with Crippen molar-refractivity contribution < 1.29 is 9.53 Å². The van der Waals surface area contributed by atoms with Crippen LogP contribution in [0.1, 0.15) is 37.1 Å². The minimum Gasteiger partial charge on any atom is -0.497 e. The van der Waals surface area contributed by atoms with E-state index in [0.29, 0.717) is 47.7 Å².